The highest BCUT2D eigenvalue weighted by atomic mass is 16.5. The standard InChI is InChI=1S/C17H15N3O4/c1-8-5-3-4-6-9(8)11-12-10(7-24-16(12)22)18-14-13(11)15(21)19-17(23)20(14)2/h3-6,11,18H,7H2,1-2H3,(H,19,21,23)/t11-/m0/s1. The first-order valence-electron chi connectivity index (χ1n) is 7.55. The largest absolute Gasteiger partial charge is 0.456 e. The summed E-state index contributed by atoms with van der Waals surface area (Å²) in [6.07, 6.45) is 0. The quantitative estimate of drug-likeness (QED) is 0.755. The number of H-pyrrole nitrogens is 1. The molecule has 0 amide bonds. The lowest BCUT2D eigenvalue weighted by Crippen LogP contribution is -2.37. The molecule has 2 aliphatic rings. The molecule has 2 N–H and O–H groups in total. The maximum Gasteiger partial charge on any atom is 0.337 e. The summed E-state index contributed by atoms with van der Waals surface area (Å²) in [6.45, 7) is 2.03. The van der Waals surface area contributed by atoms with Gasteiger partial charge in [0.15, 0.2) is 0 Å². The van der Waals surface area contributed by atoms with E-state index in [1.807, 2.05) is 31.2 Å². The van der Waals surface area contributed by atoms with Crippen LogP contribution in [-0.2, 0) is 16.6 Å². The summed E-state index contributed by atoms with van der Waals surface area (Å²) >= 11 is 0. The van der Waals surface area contributed by atoms with E-state index in [9.17, 15) is 14.4 Å². The van der Waals surface area contributed by atoms with Crippen molar-refractivity contribution >= 4 is 11.8 Å². The zero-order valence-corrected chi connectivity index (χ0v) is 13.2. The summed E-state index contributed by atoms with van der Waals surface area (Å²) in [4.78, 5) is 39.1. The van der Waals surface area contributed by atoms with Crippen LogP contribution >= 0.6 is 0 Å². The normalized spacial score (nSPS) is 18.8. The van der Waals surface area contributed by atoms with Crippen molar-refractivity contribution in [3.63, 3.8) is 0 Å². The number of anilines is 1. The predicted octanol–water partition coefficient (Wildman–Crippen LogP) is 0.750. The lowest BCUT2D eigenvalue weighted by Gasteiger charge is -2.28. The molecule has 7 heteroatoms. The monoisotopic (exact) mass is 325 g/mol. The molecule has 0 saturated carbocycles. The first-order valence-corrected chi connectivity index (χ1v) is 7.55. The molecule has 2 aliphatic heterocycles. The van der Waals surface area contributed by atoms with Crippen LogP contribution in [0.3, 0.4) is 0 Å². The van der Waals surface area contributed by atoms with Crippen LogP contribution in [0, 0.1) is 6.92 Å². The molecule has 24 heavy (non-hydrogen) atoms. The number of esters is 1. The second-order valence-electron chi connectivity index (χ2n) is 5.96. The minimum atomic E-state index is -0.567. The molecule has 0 saturated heterocycles. The van der Waals surface area contributed by atoms with Gasteiger partial charge in [-0.25, -0.2) is 9.59 Å². The summed E-state index contributed by atoms with van der Waals surface area (Å²) in [5.41, 5.74) is 2.17. The van der Waals surface area contributed by atoms with Crippen molar-refractivity contribution in [2.45, 2.75) is 12.8 Å². The Hall–Kier alpha value is -3.09. The number of rotatable bonds is 1. The third kappa shape index (κ3) is 1.87. The smallest absolute Gasteiger partial charge is 0.337 e. The van der Waals surface area contributed by atoms with E-state index in [2.05, 4.69) is 10.3 Å². The highest BCUT2D eigenvalue weighted by molar-refractivity contribution is 5.97. The van der Waals surface area contributed by atoms with Crippen LogP contribution in [-0.4, -0.2) is 22.1 Å². The molecule has 1 aromatic carbocycles. The fourth-order valence-corrected chi connectivity index (χ4v) is 3.38. The number of aromatic amines is 1. The third-order valence-corrected chi connectivity index (χ3v) is 4.60. The lowest BCUT2D eigenvalue weighted by atomic mass is 9.81. The number of carbonyl (C=O) groups excluding carboxylic acids is 1. The maximum absolute atomic E-state index is 12.5. The third-order valence-electron chi connectivity index (χ3n) is 4.60. The Bertz CT molecular complexity index is 1030. The highest BCUT2D eigenvalue weighted by Gasteiger charge is 2.41. The molecule has 2 aromatic rings. The van der Waals surface area contributed by atoms with Crippen molar-refractivity contribution in [3.05, 3.63) is 73.1 Å². The summed E-state index contributed by atoms with van der Waals surface area (Å²) in [6, 6.07) is 7.57. The fourth-order valence-electron chi connectivity index (χ4n) is 3.38. The summed E-state index contributed by atoms with van der Waals surface area (Å²) in [5, 5.41) is 3.04. The van der Waals surface area contributed by atoms with E-state index in [0.717, 1.165) is 11.1 Å². The van der Waals surface area contributed by atoms with E-state index < -0.39 is 23.1 Å². The number of aromatic nitrogens is 2. The number of carbonyl (C=O) groups is 1. The van der Waals surface area contributed by atoms with Crippen LogP contribution in [0.1, 0.15) is 22.6 Å². The number of hydrogen-bond donors (Lipinski definition) is 2. The van der Waals surface area contributed by atoms with Crippen LogP contribution in [0.25, 0.3) is 0 Å². The molecule has 0 spiro atoms. The van der Waals surface area contributed by atoms with Gasteiger partial charge in [0.1, 0.15) is 12.4 Å². The van der Waals surface area contributed by atoms with E-state index in [0.29, 0.717) is 22.7 Å². The summed E-state index contributed by atoms with van der Waals surface area (Å²) in [5.74, 6) is -0.610. The zero-order valence-electron chi connectivity index (χ0n) is 13.2. The topological polar surface area (TPSA) is 93.2 Å². The van der Waals surface area contributed by atoms with Gasteiger partial charge in [-0.15, -0.1) is 0 Å². The zero-order chi connectivity index (χ0) is 17.0. The molecule has 1 atom stereocenters. The Balaban J connectivity index is 2.09. The number of fused-ring (bicyclic) bond motifs is 1. The van der Waals surface area contributed by atoms with Crippen molar-refractivity contribution in [1.29, 1.82) is 0 Å². The van der Waals surface area contributed by atoms with Crippen molar-refractivity contribution in [2.24, 2.45) is 7.05 Å². The Morgan fingerprint density at radius 3 is 2.71 bits per heavy atom. The summed E-state index contributed by atoms with van der Waals surface area (Å²) < 4.78 is 6.50. The highest BCUT2D eigenvalue weighted by Crippen LogP contribution is 2.42. The van der Waals surface area contributed by atoms with Gasteiger partial charge in [0.25, 0.3) is 5.56 Å². The van der Waals surface area contributed by atoms with E-state index in [1.54, 1.807) is 7.05 Å². The number of ether oxygens (including phenoxy) is 1. The van der Waals surface area contributed by atoms with Crippen LogP contribution < -0.4 is 16.6 Å². The van der Waals surface area contributed by atoms with Crippen molar-refractivity contribution in [1.82, 2.24) is 9.55 Å². The van der Waals surface area contributed by atoms with Gasteiger partial charge in [0.2, 0.25) is 0 Å². The molecule has 122 valence electrons. The Morgan fingerprint density at radius 2 is 1.96 bits per heavy atom. The minimum Gasteiger partial charge on any atom is -0.456 e. The van der Waals surface area contributed by atoms with Crippen LogP contribution in [0.15, 0.2) is 45.1 Å². The lowest BCUT2D eigenvalue weighted by molar-refractivity contribution is -0.136. The second kappa shape index (κ2) is 4.95. The number of nitrogens with zero attached hydrogens (tertiary/aromatic N) is 1. The Kier molecular flexibility index (Phi) is 2.99. The van der Waals surface area contributed by atoms with Crippen LogP contribution in [0.2, 0.25) is 0 Å². The van der Waals surface area contributed by atoms with Gasteiger partial charge >= 0.3 is 11.7 Å². The van der Waals surface area contributed by atoms with Crippen molar-refractivity contribution < 1.29 is 9.53 Å². The fraction of sp³-hybridized carbons (Fsp3) is 0.235. The average Bonchev–Trinajstić information content (AvgIpc) is 2.93. The number of cyclic esters (lactones) is 1. The number of hydrogen-bond acceptors (Lipinski definition) is 5. The first-order chi connectivity index (χ1) is 11.5. The molecule has 1 aromatic heterocycles. The SMILES string of the molecule is Cc1ccccc1[C@H]1C2=C(COC2=O)Nc2c1c(=O)[nH]c(=O)n2C. The van der Waals surface area contributed by atoms with E-state index in [1.165, 1.54) is 4.57 Å². The summed E-state index contributed by atoms with van der Waals surface area (Å²) in [7, 11) is 1.57. The first kappa shape index (κ1) is 14.5. The molecule has 0 aliphatic carbocycles. The van der Waals surface area contributed by atoms with Gasteiger partial charge in [-0.1, -0.05) is 24.3 Å². The maximum atomic E-state index is 12.5. The Morgan fingerprint density at radius 1 is 1.21 bits per heavy atom. The van der Waals surface area contributed by atoms with E-state index in [-0.39, 0.29) is 6.61 Å². The molecule has 3 heterocycles. The van der Waals surface area contributed by atoms with Gasteiger partial charge in [0.05, 0.1) is 22.8 Å². The molecule has 0 bridgehead atoms. The van der Waals surface area contributed by atoms with Gasteiger partial charge in [0, 0.05) is 7.05 Å². The molecular weight excluding hydrogens is 310 g/mol. The number of nitrogens with one attached hydrogen (secondary N) is 2. The van der Waals surface area contributed by atoms with Crippen molar-refractivity contribution in [2.75, 3.05) is 11.9 Å². The molecule has 7 nitrogen and oxygen atoms in total. The molecule has 4 rings (SSSR count). The molecule has 0 radical (unpaired) electrons. The average molecular weight is 325 g/mol. The molecular formula is C17H15N3O4. The second-order valence-corrected chi connectivity index (χ2v) is 5.96. The van der Waals surface area contributed by atoms with Gasteiger partial charge in [-0.2, -0.15) is 0 Å². The van der Waals surface area contributed by atoms with E-state index >= 15 is 0 Å². The van der Waals surface area contributed by atoms with Crippen molar-refractivity contribution in [3.8, 4) is 0 Å². The van der Waals surface area contributed by atoms with E-state index in [4.69, 9.17) is 4.74 Å². The van der Waals surface area contributed by atoms with Gasteiger partial charge < -0.3 is 10.1 Å². The predicted molar refractivity (Wildman–Crippen MR) is 86.9 cm³/mol. The van der Waals surface area contributed by atoms with Crippen LogP contribution in [0.4, 0.5) is 5.82 Å². The van der Waals surface area contributed by atoms with Gasteiger partial charge in [-0.05, 0) is 18.1 Å². The number of benzene rings is 1. The van der Waals surface area contributed by atoms with Gasteiger partial charge in [-0.3, -0.25) is 14.3 Å². The molecule has 0 fully saturated rings. The van der Waals surface area contributed by atoms with Crippen LogP contribution in [0.5, 0.6) is 0 Å². The minimum absolute atomic E-state index is 0.108. The molecule has 0 unspecified atom stereocenters. The number of aryl methyl sites for hydroxylation is 1. The Labute approximate surface area is 136 Å².